The number of ether oxygens (including phenoxy) is 2. The molecule has 0 aliphatic heterocycles. The average molecular weight is 475 g/mol. The second-order valence-electron chi connectivity index (χ2n) is 6.78. The summed E-state index contributed by atoms with van der Waals surface area (Å²) in [5, 5.41) is 21.0. The van der Waals surface area contributed by atoms with Crippen LogP contribution in [0.25, 0.3) is 0 Å². The van der Waals surface area contributed by atoms with Gasteiger partial charge in [-0.1, -0.05) is 42.2 Å². The maximum Gasteiger partial charge on any atom is 0.239 e. The van der Waals surface area contributed by atoms with Gasteiger partial charge in [0.2, 0.25) is 11.0 Å². The van der Waals surface area contributed by atoms with E-state index in [1.54, 1.807) is 13.2 Å². The first kappa shape index (κ1) is 23.7. The predicted octanol–water partition coefficient (Wildman–Crippen LogP) is 4.15. The van der Waals surface area contributed by atoms with Gasteiger partial charge in [-0.3, -0.25) is 14.7 Å². The third-order valence-electron chi connectivity index (χ3n) is 4.43. The summed E-state index contributed by atoms with van der Waals surface area (Å²) in [7, 11) is 1.61. The lowest BCUT2D eigenvalue weighted by Gasteiger charge is -2.17. The number of rotatable bonds is 11. The number of nitrogens with one attached hydrogen (secondary N) is 1. The molecule has 1 aromatic carbocycles. The number of anilines is 1. The first-order chi connectivity index (χ1) is 15.4. The lowest BCUT2D eigenvalue weighted by atomic mass is 10.3. The summed E-state index contributed by atoms with van der Waals surface area (Å²) in [5.41, 5.74) is 0. The molecule has 0 fully saturated rings. The number of methoxy groups -OCH3 is 1. The molecule has 0 saturated carbocycles. The minimum absolute atomic E-state index is 0.177. The standard InChI is InChI=1S/C21H26N6O3S2/c1-6-11-27-18(13(3)30-16-10-8-9-15(12-16)29-5)24-26-21(27)31-14(4)19(28)22-20-25-23-17(7-2)32-20/h6,8-10,12-14H,1,7,11H2,2-5H3,(H,22,25,28). The Balaban J connectivity index is 1.71. The van der Waals surface area contributed by atoms with Crippen molar-refractivity contribution < 1.29 is 14.3 Å². The van der Waals surface area contributed by atoms with Crippen LogP contribution in [0.15, 0.2) is 42.1 Å². The van der Waals surface area contributed by atoms with Crippen LogP contribution in [-0.4, -0.2) is 43.2 Å². The third-order valence-corrected chi connectivity index (χ3v) is 6.49. The number of amides is 1. The molecule has 2 atom stereocenters. The van der Waals surface area contributed by atoms with Gasteiger partial charge in [-0.25, -0.2) is 0 Å². The van der Waals surface area contributed by atoms with Gasteiger partial charge in [0, 0.05) is 12.6 Å². The number of aryl methyl sites for hydroxylation is 1. The Morgan fingerprint density at radius 3 is 2.75 bits per heavy atom. The maximum absolute atomic E-state index is 12.6. The van der Waals surface area contributed by atoms with Gasteiger partial charge < -0.3 is 9.47 Å². The van der Waals surface area contributed by atoms with Gasteiger partial charge in [-0.2, -0.15) is 0 Å². The number of nitrogens with zero attached hydrogens (tertiary/aromatic N) is 5. The van der Waals surface area contributed by atoms with Crippen molar-refractivity contribution >= 4 is 34.1 Å². The van der Waals surface area contributed by atoms with E-state index in [-0.39, 0.29) is 12.0 Å². The number of carbonyl (C=O) groups excluding carboxylic acids is 1. The fraction of sp³-hybridized carbons (Fsp3) is 0.381. The van der Waals surface area contributed by atoms with Crippen LogP contribution in [0.3, 0.4) is 0 Å². The number of hydrogen-bond acceptors (Lipinski definition) is 9. The van der Waals surface area contributed by atoms with E-state index in [9.17, 15) is 4.79 Å². The van der Waals surface area contributed by atoms with Crippen LogP contribution >= 0.6 is 23.1 Å². The molecule has 3 aromatic rings. The van der Waals surface area contributed by atoms with Gasteiger partial charge in [0.1, 0.15) is 16.5 Å². The Morgan fingerprint density at radius 2 is 2.06 bits per heavy atom. The predicted molar refractivity (Wildman–Crippen MR) is 125 cm³/mol. The quantitative estimate of drug-likeness (QED) is 0.327. The number of hydrogen-bond donors (Lipinski definition) is 1. The molecule has 0 bridgehead atoms. The zero-order valence-corrected chi connectivity index (χ0v) is 20.1. The average Bonchev–Trinajstić information content (AvgIpc) is 3.41. The van der Waals surface area contributed by atoms with Crippen LogP contribution < -0.4 is 14.8 Å². The number of benzene rings is 1. The summed E-state index contributed by atoms with van der Waals surface area (Å²) < 4.78 is 13.2. The zero-order valence-electron chi connectivity index (χ0n) is 18.4. The Labute approximate surface area is 195 Å². The Hall–Kier alpha value is -2.92. The van der Waals surface area contributed by atoms with Crippen molar-refractivity contribution in [3.63, 3.8) is 0 Å². The van der Waals surface area contributed by atoms with Crippen molar-refractivity contribution in [3.8, 4) is 11.5 Å². The van der Waals surface area contributed by atoms with Gasteiger partial charge in [-0.05, 0) is 32.4 Å². The van der Waals surface area contributed by atoms with Gasteiger partial charge in [-0.15, -0.1) is 27.0 Å². The van der Waals surface area contributed by atoms with Crippen molar-refractivity contribution in [3.05, 3.63) is 47.8 Å². The second-order valence-corrected chi connectivity index (χ2v) is 9.15. The molecule has 2 aromatic heterocycles. The van der Waals surface area contributed by atoms with Crippen molar-refractivity contribution in [1.29, 1.82) is 0 Å². The lowest BCUT2D eigenvalue weighted by molar-refractivity contribution is -0.115. The summed E-state index contributed by atoms with van der Waals surface area (Å²) in [6.45, 7) is 10.0. The van der Waals surface area contributed by atoms with E-state index < -0.39 is 5.25 Å². The molecule has 3 rings (SSSR count). The molecule has 9 nitrogen and oxygen atoms in total. The Bertz CT molecular complexity index is 1070. The molecule has 0 aliphatic rings. The van der Waals surface area contributed by atoms with Crippen LogP contribution in [0, 0.1) is 0 Å². The number of aromatic nitrogens is 5. The third kappa shape index (κ3) is 5.86. The number of carbonyl (C=O) groups is 1. The summed E-state index contributed by atoms with van der Waals surface area (Å²) in [6.07, 6.45) is 2.16. The van der Waals surface area contributed by atoms with Gasteiger partial charge in [0.15, 0.2) is 17.1 Å². The summed E-state index contributed by atoms with van der Waals surface area (Å²) in [5.74, 6) is 1.83. The van der Waals surface area contributed by atoms with Crippen LogP contribution in [-0.2, 0) is 17.8 Å². The fourth-order valence-corrected chi connectivity index (χ4v) is 4.33. The molecule has 2 heterocycles. The second kappa shape index (κ2) is 11.1. The van der Waals surface area contributed by atoms with E-state index in [1.807, 2.05) is 49.6 Å². The van der Waals surface area contributed by atoms with E-state index in [2.05, 4.69) is 32.3 Å². The van der Waals surface area contributed by atoms with E-state index in [4.69, 9.17) is 9.47 Å². The molecule has 0 spiro atoms. The first-order valence-electron chi connectivity index (χ1n) is 10.1. The fourth-order valence-electron chi connectivity index (χ4n) is 2.79. The molecule has 11 heteroatoms. The molecule has 0 radical (unpaired) electrons. The summed E-state index contributed by atoms with van der Waals surface area (Å²) in [6, 6.07) is 7.37. The van der Waals surface area contributed by atoms with E-state index in [0.717, 1.165) is 11.4 Å². The molecule has 0 aliphatic carbocycles. The van der Waals surface area contributed by atoms with Gasteiger partial charge >= 0.3 is 0 Å². The highest BCUT2D eigenvalue weighted by Gasteiger charge is 2.23. The van der Waals surface area contributed by atoms with E-state index in [0.29, 0.717) is 34.2 Å². The number of thioether (sulfide) groups is 1. The highest BCUT2D eigenvalue weighted by molar-refractivity contribution is 8.00. The van der Waals surface area contributed by atoms with Crippen molar-refractivity contribution in [2.75, 3.05) is 12.4 Å². The normalized spacial score (nSPS) is 12.8. The van der Waals surface area contributed by atoms with Crippen molar-refractivity contribution in [1.82, 2.24) is 25.0 Å². The smallest absolute Gasteiger partial charge is 0.239 e. The molecule has 32 heavy (non-hydrogen) atoms. The topological polar surface area (TPSA) is 104 Å². The Kier molecular flexibility index (Phi) is 8.23. The highest BCUT2D eigenvalue weighted by atomic mass is 32.2. The molecular formula is C21H26N6O3S2. The largest absolute Gasteiger partial charge is 0.497 e. The monoisotopic (exact) mass is 474 g/mol. The van der Waals surface area contributed by atoms with Gasteiger partial charge in [0.05, 0.1) is 12.4 Å². The van der Waals surface area contributed by atoms with Crippen LogP contribution in [0.1, 0.15) is 37.7 Å². The minimum Gasteiger partial charge on any atom is -0.497 e. The van der Waals surface area contributed by atoms with Crippen molar-refractivity contribution in [2.45, 2.75) is 50.2 Å². The molecule has 0 saturated heterocycles. The molecule has 170 valence electrons. The van der Waals surface area contributed by atoms with E-state index >= 15 is 0 Å². The first-order valence-corrected chi connectivity index (χ1v) is 11.8. The molecular weight excluding hydrogens is 448 g/mol. The Morgan fingerprint density at radius 1 is 1.28 bits per heavy atom. The number of allylic oxidation sites excluding steroid dienone is 1. The maximum atomic E-state index is 12.6. The van der Waals surface area contributed by atoms with Gasteiger partial charge in [0.25, 0.3) is 0 Å². The summed E-state index contributed by atoms with van der Waals surface area (Å²) >= 11 is 2.68. The van der Waals surface area contributed by atoms with E-state index in [1.165, 1.54) is 23.1 Å². The molecule has 1 N–H and O–H groups in total. The lowest BCUT2D eigenvalue weighted by Crippen LogP contribution is -2.23. The zero-order chi connectivity index (χ0) is 23.1. The van der Waals surface area contributed by atoms with Crippen LogP contribution in [0.4, 0.5) is 5.13 Å². The SMILES string of the molecule is C=CCn1c(SC(C)C(=O)Nc2nnc(CC)s2)nnc1C(C)Oc1cccc(OC)c1. The van der Waals surface area contributed by atoms with Crippen LogP contribution in [0.5, 0.6) is 11.5 Å². The van der Waals surface area contributed by atoms with Crippen molar-refractivity contribution in [2.24, 2.45) is 0 Å². The minimum atomic E-state index is -0.417. The highest BCUT2D eigenvalue weighted by Crippen LogP contribution is 2.29. The van der Waals surface area contributed by atoms with Crippen LogP contribution in [0.2, 0.25) is 0 Å². The molecule has 1 amide bonds. The molecule has 2 unspecified atom stereocenters. The summed E-state index contributed by atoms with van der Waals surface area (Å²) in [4.78, 5) is 12.6.